The zero-order chi connectivity index (χ0) is 13.4. The summed E-state index contributed by atoms with van der Waals surface area (Å²) in [5.74, 6) is -4.10. The largest absolute Gasteiger partial charge is 0.402 e. The van der Waals surface area contributed by atoms with Gasteiger partial charge >= 0.3 is 12.4 Å². The zero-order valence-electron chi connectivity index (χ0n) is 8.55. The molecule has 0 aromatic carbocycles. The summed E-state index contributed by atoms with van der Waals surface area (Å²) in [5, 5.41) is 0. The summed E-state index contributed by atoms with van der Waals surface area (Å²) in [5.41, 5.74) is 5.03. The van der Waals surface area contributed by atoms with E-state index in [9.17, 15) is 26.3 Å². The predicted molar refractivity (Wildman–Crippen MR) is 45.7 cm³/mol. The first-order valence-electron chi connectivity index (χ1n) is 4.41. The molecule has 1 atom stereocenters. The van der Waals surface area contributed by atoms with Gasteiger partial charge in [-0.25, -0.2) is 4.98 Å². The molecule has 1 rings (SSSR count). The zero-order valence-corrected chi connectivity index (χ0v) is 8.55. The molecule has 1 aromatic rings. The highest BCUT2D eigenvalue weighted by atomic mass is 19.4. The number of halogens is 6. The van der Waals surface area contributed by atoms with E-state index in [1.807, 2.05) is 0 Å². The van der Waals surface area contributed by atoms with Crippen molar-refractivity contribution in [2.24, 2.45) is 18.7 Å². The van der Waals surface area contributed by atoms with Crippen molar-refractivity contribution in [3.8, 4) is 0 Å². The average Bonchev–Trinajstić information content (AvgIpc) is 2.45. The number of nitrogens with two attached hydrogens (primary N) is 1. The quantitative estimate of drug-likeness (QED) is 0.829. The van der Waals surface area contributed by atoms with Gasteiger partial charge in [0.2, 0.25) is 0 Å². The number of rotatable bonds is 2. The van der Waals surface area contributed by atoms with E-state index in [2.05, 4.69) is 4.98 Å². The van der Waals surface area contributed by atoms with Crippen molar-refractivity contribution in [2.75, 3.05) is 0 Å². The predicted octanol–water partition coefficient (Wildman–Crippen LogP) is 2.16. The summed E-state index contributed by atoms with van der Waals surface area (Å²) in [7, 11) is 1.27. The number of aromatic nitrogens is 2. The fraction of sp³-hybridized carbons (Fsp3) is 0.625. The maximum Gasteiger partial charge on any atom is 0.402 e. The molecule has 0 fully saturated rings. The second-order valence-electron chi connectivity index (χ2n) is 3.48. The number of hydrogen-bond acceptors (Lipinski definition) is 2. The minimum atomic E-state index is -5.47. The highest BCUT2D eigenvalue weighted by Gasteiger charge is 2.60. The lowest BCUT2D eigenvalue weighted by Gasteiger charge is -2.27. The third-order valence-corrected chi connectivity index (χ3v) is 2.22. The van der Waals surface area contributed by atoms with Gasteiger partial charge in [-0.1, -0.05) is 0 Å². The molecular weight excluding hydrogens is 252 g/mol. The molecule has 0 aliphatic carbocycles. The first-order valence-corrected chi connectivity index (χ1v) is 4.41. The van der Waals surface area contributed by atoms with E-state index >= 15 is 0 Å². The summed E-state index contributed by atoms with van der Waals surface area (Å²) in [6, 6.07) is -2.28. The van der Waals surface area contributed by atoms with Gasteiger partial charge in [-0.3, -0.25) is 0 Å². The molecule has 17 heavy (non-hydrogen) atoms. The van der Waals surface area contributed by atoms with E-state index < -0.39 is 30.1 Å². The minimum absolute atomic E-state index is 0.468. The Balaban J connectivity index is 3.13. The maximum absolute atomic E-state index is 12.4. The second kappa shape index (κ2) is 4.21. The third-order valence-electron chi connectivity index (χ3n) is 2.22. The van der Waals surface area contributed by atoms with Crippen LogP contribution in [-0.4, -0.2) is 21.9 Å². The van der Waals surface area contributed by atoms with Crippen LogP contribution in [0.5, 0.6) is 0 Å². The average molecular weight is 261 g/mol. The molecule has 0 saturated heterocycles. The normalized spacial score (nSPS) is 15.4. The first-order chi connectivity index (χ1) is 7.55. The molecule has 1 aromatic heterocycles. The summed E-state index contributed by atoms with van der Waals surface area (Å²) in [4.78, 5) is 3.40. The van der Waals surface area contributed by atoms with Crippen LogP contribution >= 0.6 is 0 Å². The van der Waals surface area contributed by atoms with Crippen molar-refractivity contribution in [3.63, 3.8) is 0 Å². The Morgan fingerprint density at radius 3 is 1.94 bits per heavy atom. The number of aryl methyl sites for hydroxylation is 1. The Morgan fingerprint density at radius 1 is 1.18 bits per heavy atom. The SMILES string of the molecule is Cn1ccnc1C(N)C(C(F)(F)F)C(F)(F)F. The second-order valence-corrected chi connectivity index (χ2v) is 3.48. The van der Waals surface area contributed by atoms with Crippen LogP contribution in [0.2, 0.25) is 0 Å². The van der Waals surface area contributed by atoms with E-state index in [0.29, 0.717) is 0 Å². The van der Waals surface area contributed by atoms with Gasteiger partial charge in [-0.05, 0) is 0 Å². The fourth-order valence-electron chi connectivity index (χ4n) is 1.44. The van der Waals surface area contributed by atoms with E-state index in [1.54, 1.807) is 0 Å². The van der Waals surface area contributed by atoms with Gasteiger partial charge in [-0.2, -0.15) is 26.3 Å². The van der Waals surface area contributed by atoms with Crippen LogP contribution in [0.15, 0.2) is 12.4 Å². The molecule has 0 aliphatic heterocycles. The van der Waals surface area contributed by atoms with Crippen molar-refractivity contribution in [1.29, 1.82) is 0 Å². The Hall–Kier alpha value is -1.25. The Bertz CT molecular complexity index is 365. The molecule has 0 spiro atoms. The number of imidazole rings is 1. The lowest BCUT2D eigenvalue weighted by atomic mass is 9.98. The molecule has 2 N–H and O–H groups in total. The molecule has 1 heterocycles. The fourth-order valence-corrected chi connectivity index (χ4v) is 1.44. The lowest BCUT2D eigenvalue weighted by molar-refractivity contribution is -0.290. The number of hydrogen-bond donors (Lipinski definition) is 1. The van der Waals surface area contributed by atoms with Crippen LogP contribution in [-0.2, 0) is 7.05 Å². The third kappa shape index (κ3) is 2.90. The smallest absolute Gasteiger partial charge is 0.337 e. The Morgan fingerprint density at radius 2 is 1.65 bits per heavy atom. The van der Waals surface area contributed by atoms with Crippen LogP contribution in [0.3, 0.4) is 0 Å². The van der Waals surface area contributed by atoms with Crippen molar-refractivity contribution >= 4 is 0 Å². The van der Waals surface area contributed by atoms with E-state index in [0.717, 1.165) is 10.8 Å². The molecule has 0 aliphatic rings. The standard InChI is InChI=1S/C8H9F6N3/c1-17-3-2-16-6(17)4(15)5(7(9,10)11)8(12,13)14/h2-5H,15H2,1H3. The Labute approximate surface area is 92.2 Å². The van der Waals surface area contributed by atoms with E-state index in [1.165, 1.54) is 13.2 Å². The minimum Gasteiger partial charge on any atom is -0.337 e. The monoisotopic (exact) mass is 261 g/mol. The van der Waals surface area contributed by atoms with Gasteiger partial charge < -0.3 is 10.3 Å². The van der Waals surface area contributed by atoms with Gasteiger partial charge in [0, 0.05) is 19.4 Å². The van der Waals surface area contributed by atoms with Crippen LogP contribution < -0.4 is 5.73 Å². The molecule has 0 amide bonds. The molecule has 9 heteroatoms. The molecule has 0 bridgehead atoms. The molecule has 0 radical (unpaired) electrons. The summed E-state index contributed by atoms with van der Waals surface area (Å²) in [6.45, 7) is 0. The van der Waals surface area contributed by atoms with Crippen LogP contribution in [0, 0.1) is 5.92 Å². The van der Waals surface area contributed by atoms with Crippen molar-refractivity contribution in [1.82, 2.24) is 9.55 Å². The summed E-state index contributed by atoms with van der Waals surface area (Å²) >= 11 is 0. The molecule has 98 valence electrons. The molecule has 1 unspecified atom stereocenters. The maximum atomic E-state index is 12.4. The first kappa shape index (κ1) is 13.8. The molecule has 0 saturated carbocycles. The topological polar surface area (TPSA) is 43.8 Å². The van der Waals surface area contributed by atoms with Gasteiger partial charge in [0.05, 0.1) is 6.04 Å². The van der Waals surface area contributed by atoms with Crippen molar-refractivity contribution in [3.05, 3.63) is 18.2 Å². The molecular formula is C8H9F6N3. The molecule has 3 nitrogen and oxygen atoms in total. The summed E-state index contributed by atoms with van der Waals surface area (Å²) in [6.07, 6.45) is -8.63. The lowest BCUT2D eigenvalue weighted by Crippen LogP contribution is -2.44. The highest BCUT2D eigenvalue weighted by molar-refractivity contribution is 5.03. The summed E-state index contributed by atoms with van der Waals surface area (Å²) < 4.78 is 75.1. The highest BCUT2D eigenvalue weighted by Crippen LogP contribution is 2.44. The van der Waals surface area contributed by atoms with E-state index in [-0.39, 0.29) is 0 Å². The van der Waals surface area contributed by atoms with Crippen molar-refractivity contribution in [2.45, 2.75) is 18.4 Å². The van der Waals surface area contributed by atoms with Crippen LogP contribution in [0.4, 0.5) is 26.3 Å². The van der Waals surface area contributed by atoms with Gasteiger partial charge in [0.25, 0.3) is 0 Å². The van der Waals surface area contributed by atoms with Crippen molar-refractivity contribution < 1.29 is 26.3 Å². The van der Waals surface area contributed by atoms with Gasteiger partial charge in [-0.15, -0.1) is 0 Å². The van der Waals surface area contributed by atoms with E-state index in [4.69, 9.17) is 5.73 Å². The number of alkyl halides is 6. The Kier molecular flexibility index (Phi) is 3.42. The number of nitrogens with zero attached hydrogens (tertiary/aromatic N) is 2. The van der Waals surface area contributed by atoms with Gasteiger partial charge in [0.15, 0.2) is 5.92 Å². The van der Waals surface area contributed by atoms with Crippen LogP contribution in [0.25, 0.3) is 0 Å². The van der Waals surface area contributed by atoms with Gasteiger partial charge in [0.1, 0.15) is 5.82 Å². The van der Waals surface area contributed by atoms with Crippen LogP contribution in [0.1, 0.15) is 11.9 Å².